The Morgan fingerprint density at radius 1 is 1.24 bits per heavy atom. The summed E-state index contributed by atoms with van der Waals surface area (Å²) in [5.74, 6) is 7.11. The molecule has 4 N–H and O–H groups in total. The third kappa shape index (κ3) is 3.48. The van der Waals surface area contributed by atoms with Crippen LogP contribution in [0.2, 0.25) is 0 Å². The summed E-state index contributed by atoms with van der Waals surface area (Å²) in [6, 6.07) is 4.42. The van der Waals surface area contributed by atoms with Crippen molar-refractivity contribution in [2.75, 3.05) is 10.7 Å². The largest absolute Gasteiger partial charge is 0.339 e. The molecular weight excluding hydrogens is 337 g/mol. The van der Waals surface area contributed by atoms with E-state index in [1.54, 1.807) is 6.07 Å². The van der Waals surface area contributed by atoms with Crippen molar-refractivity contribution in [1.29, 1.82) is 0 Å². The van der Waals surface area contributed by atoms with E-state index in [0.717, 1.165) is 10.0 Å². The summed E-state index contributed by atoms with van der Waals surface area (Å²) in [5, 5.41) is 3.12. The maximum Gasteiger partial charge on any atom is 0.148 e. The molecule has 2 rings (SSSR count). The molecule has 0 saturated carbocycles. The maximum absolute atomic E-state index is 13.4. The summed E-state index contributed by atoms with van der Waals surface area (Å²) < 4.78 is 14.1. The first-order chi connectivity index (χ1) is 9.92. The number of halogens is 2. The number of hydrogen-bond acceptors (Lipinski definition) is 5. The van der Waals surface area contributed by atoms with Crippen molar-refractivity contribution >= 4 is 33.3 Å². The van der Waals surface area contributed by atoms with Gasteiger partial charge in [0.05, 0.1) is 5.69 Å². The summed E-state index contributed by atoms with van der Waals surface area (Å²) >= 11 is 3.38. The standard InChI is InChI=1S/C14H17BrFN5/c1-7(2)12-19-13(8(3)14(20-12)21-17)18-11-6-9(16)4-5-10(11)15/h4-7H,17H2,1-3H3,(H2,18,19,20,21). The molecule has 5 nitrogen and oxygen atoms in total. The zero-order valence-electron chi connectivity index (χ0n) is 12.0. The predicted octanol–water partition coefficient (Wildman–Crippen LogP) is 3.84. The Morgan fingerprint density at radius 2 is 1.90 bits per heavy atom. The molecule has 0 saturated heterocycles. The molecule has 0 unspecified atom stereocenters. The molecule has 21 heavy (non-hydrogen) atoms. The van der Waals surface area contributed by atoms with Gasteiger partial charge in [0.1, 0.15) is 23.3 Å². The fourth-order valence-corrected chi connectivity index (χ4v) is 2.12. The zero-order valence-corrected chi connectivity index (χ0v) is 13.6. The number of hydrazine groups is 1. The van der Waals surface area contributed by atoms with Gasteiger partial charge in [-0.1, -0.05) is 13.8 Å². The lowest BCUT2D eigenvalue weighted by Crippen LogP contribution is -2.14. The Hall–Kier alpha value is -1.73. The van der Waals surface area contributed by atoms with Gasteiger partial charge in [-0.2, -0.15) is 0 Å². The van der Waals surface area contributed by atoms with E-state index in [2.05, 4.69) is 36.6 Å². The van der Waals surface area contributed by atoms with Gasteiger partial charge in [-0.05, 0) is 41.1 Å². The molecule has 112 valence electrons. The lowest BCUT2D eigenvalue weighted by Gasteiger charge is -2.15. The lowest BCUT2D eigenvalue weighted by atomic mass is 10.2. The molecule has 0 aliphatic rings. The van der Waals surface area contributed by atoms with Crippen LogP contribution >= 0.6 is 15.9 Å². The van der Waals surface area contributed by atoms with Crippen LogP contribution in [-0.4, -0.2) is 9.97 Å². The van der Waals surface area contributed by atoms with Gasteiger partial charge >= 0.3 is 0 Å². The summed E-state index contributed by atoms with van der Waals surface area (Å²) in [4.78, 5) is 8.84. The molecule has 0 bridgehead atoms. The third-order valence-corrected chi connectivity index (χ3v) is 3.69. The first-order valence-corrected chi connectivity index (χ1v) is 7.29. The van der Waals surface area contributed by atoms with E-state index in [1.165, 1.54) is 12.1 Å². The second-order valence-corrected chi connectivity index (χ2v) is 5.81. The molecule has 0 spiro atoms. The van der Waals surface area contributed by atoms with E-state index in [0.29, 0.717) is 23.1 Å². The van der Waals surface area contributed by atoms with E-state index >= 15 is 0 Å². The van der Waals surface area contributed by atoms with Crippen molar-refractivity contribution in [2.24, 2.45) is 5.84 Å². The van der Waals surface area contributed by atoms with Gasteiger partial charge in [-0.3, -0.25) is 0 Å². The average Bonchev–Trinajstić information content (AvgIpc) is 2.44. The minimum absolute atomic E-state index is 0.147. The predicted molar refractivity (Wildman–Crippen MR) is 86.1 cm³/mol. The second kappa shape index (κ2) is 6.36. The van der Waals surface area contributed by atoms with Crippen molar-refractivity contribution < 1.29 is 4.39 Å². The number of benzene rings is 1. The highest BCUT2D eigenvalue weighted by atomic mass is 79.9. The van der Waals surface area contributed by atoms with E-state index in [1.807, 2.05) is 20.8 Å². The van der Waals surface area contributed by atoms with Crippen molar-refractivity contribution in [3.8, 4) is 0 Å². The molecule has 0 aliphatic heterocycles. The van der Waals surface area contributed by atoms with Crippen LogP contribution in [0.3, 0.4) is 0 Å². The first kappa shape index (κ1) is 15.7. The summed E-state index contributed by atoms with van der Waals surface area (Å²) in [5.41, 5.74) is 3.92. The molecule has 0 atom stereocenters. The summed E-state index contributed by atoms with van der Waals surface area (Å²) in [7, 11) is 0. The number of nitrogen functional groups attached to an aromatic ring is 1. The van der Waals surface area contributed by atoms with Gasteiger partial charge in [0.15, 0.2) is 0 Å². The maximum atomic E-state index is 13.4. The minimum atomic E-state index is -0.325. The van der Waals surface area contributed by atoms with Crippen LogP contribution in [0.1, 0.15) is 31.2 Å². The lowest BCUT2D eigenvalue weighted by molar-refractivity contribution is 0.628. The third-order valence-electron chi connectivity index (χ3n) is 3.00. The molecule has 1 heterocycles. The number of hydrogen-bond donors (Lipinski definition) is 3. The smallest absolute Gasteiger partial charge is 0.148 e. The molecule has 0 amide bonds. The first-order valence-electron chi connectivity index (χ1n) is 6.49. The van der Waals surface area contributed by atoms with Crippen LogP contribution in [-0.2, 0) is 0 Å². The van der Waals surface area contributed by atoms with Crippen LogP contribution in [0.25, 0.3) is 0 Å². The Kier molecular flexibility index (Phi) is 4.74. The second-order valence-electron chi connectivity index (χ2n) is 4.95. The highest BCUT2D eigenvalue weighted by Gasteiger charge is 2.14. The van der Waals surface area contributed by atoms with Crippen LogP contribution in [0.5, 0.6) is 0 Å². The molecule has 2 aromatic rings. The van der Waals surface area contributed by atoms with Crippen molar-refractivity contribution in [1.82, 2.24) is 9.97 Å². The highest BCUT2D eigenvalue weighted by molar-refractivity contribution is 9.10. The van der Waals surface area contributed by atoms with Crippen molar-refractivity contribution in [2.45, 2.75) is 26.7 Å². The number of anilines is 3. The summed E-state index contributed by atoms with van der Waals surface area (Å²) in [6.45, 7) is 5.83. The van der Waals surface area contributed by atoms with Gasteiger partial charge in [-0.25, -0.2) is 20.2 Å². The van der Waals surface area contributed by atoms with Crippen LogP contribution in [0.4, 0.5) is 21.7 Å². The van der Waals surface area contributed by atoms with Gasteiger partial charge in [0, 0.05) is 16.0 Å². The molecule has 7 heteroatoms. The number of rotatable bonds is 4. The molecule has 1 aromatic carbocycles. The topological polar surface area (TPSA) is 75.9 Å². The Labute approximate surface area is 131 Å². The molecular formula is C14H17BrFN5. The molecule has 1 aromatic heterocycles. The summed E-state index contributed by atoms with van der Waals surface area (Å²) in [6.07, 6.45) is 0. The van der Waals surface area contributed by atoms with Gasteiger partial charge < -0.3 is 10.7 Å². The van der Waals surface area contributed by atoms with Crippen LogP contribution in [0.15, 0.2) is 22.7 Å². The molecule has 0 fully saturated rings. The average molecular weight is 354 g/mol. The Balaban J connectivity index is 2.47. The Bertz CT molecular complexity index is 660. The Morgan fingerprint density at radius 3 is 2.52 bits per heavy atom. The highest BCUT2D eigenvalue weighted by Crippen LogP contribution is 2.29. The minimum Gasteiger partial charge on any atom is -0.339 e. The normalized spacial score (nSPS) is 10.8. The number of nitrogens with zero attached hydrogens (tertiary/aromatic N) is 2. The number of nitrogens with two attached hydrogens (primary N) is 1. The van der Waals surface area contributed by atoms with Gasteiger partial charge in [0.25, 0.3) is 0 Å². The number of nitrogens with one attached hydrogen (secondary N) is 2. The van der Waals surface area contributed by atoms with Crippen molar-refractivity contribution in [3.05, 3.63) is 39.9 Å². The molecule has 0 aliphatic carbocycles. The van der Waals surface area contributed by atoms with Crippen LogP contribution in [0, 0.1) is 12.7 Å². The van der Waals surface area contributed by atoms with E-state index in [-0.39, 0.29) is 11.7 Å². The zero-order chi connectivity index (χ0) is 15.6. The molecule has 0 radical (unpaired) electrons. The van der Waals surface area contributed by atoms with Gasteiger partial charge in [-0.15, -0.1) is 0 Å². The van der Waals surface area contributed by atoms with Crippen LogP contribution < -0.4 is 16.6 Å². The van der Waals surface area contributed by atoms with Crippen molar-refractivity contribution in [3.63, 3.8) is 0 Å². The SMILES string of the molecule is Cc1c(NN)nc(C(C)C)nc1Nc1cc(F)ccc1Br. The monoisotopic (exact) mass is 353 g/mol. The van der Waals surface area contributed by atoms with E-state index in [9.17, 15) is 4.39 Å². The quantitative estimate of drug-likeness (QED) is 0.575. The van der Waals surface area contributed by atoms with E-state index < -0.39 is 0 Å². The number of aromatic nitrogens is 2. The fraction of sp³-hybridized carbons (Fsp3) is 0.286. The fourth-order valence-electron chi connectivity index (χ4n) is 1.78. The van der Waals surface area contributed by atoms with Gasteiger partial charge in [0.2, 0.25) is 0 Å². The van der Waals surface area contributed by atoms with E-state index in [4.69, 9.17) is 5.84 Å².